The molecule has 0 saturated heterocycles. The minimum Gasteiger partial charge on any atom is -0.306 e. The monoisotopic (exact) mass is 317 g/mol. The highest BCUT2D eigenvalue weighted by Gasteiger charge is 2.20. The summed E-state index contributed by atoms with van der Waals surface area (Å²) in [6.45, 7) is 0.287. The molecule has 6 nitrogen and oxygen atoms in total. The third kappa shape index (κ3) is 2.31. The van der Waals surface area contributed by atoms with Crippen LogP contribution in [0, 0.1) is 11.3 Å². The van der Waals surface area contributed by atoms with E-state index in [9.17, 15) is 10.1 Å². The zero-order chi connectivity index (χ0) is 16.5. The number of aryl methyl sites for hydroxylation is 1. The normalized spacial score (nSPS) is 12.8. The number of nitrogens with zero attached hydrogens (tertiary/aromatic N) is 5. The maximum absolute atomic E-state index is 12.6. The molecule has 0 spiro atoms. The first-order valence-electron chi connectivity index (χ1n) is 7.87. The summed E-state index contributed by atoms with van der Waals surface area (Å²) >= 11 is 0. The Morgan fingerprint density at radius 3 is 2.83 bits per heavy atom. The fraction of sp³-hybridized carbons (Fsp3) is 0.222. The summed E-state index contributed by atoms with van der Waals surface area (Å²) in [4.78, 5) is 16.9. The molecule has 0 fully saturated rings. The van der Waals surface area contributed by atoms with Crippen molar-refractivity contribution in [2.75, 3.05) is 0 Å². The van der Waals surface area contributed by atoms with Crippen molar-refractivity contribution in [1.82, 2.24) is 19.3 Å². The predicted molar refractivity (Wildman–Crippen MR) is 87.9 cm³/mol. The molecule has 1 aromatic carbocycles. The first-order valence-corrected chi connectivity index (χ1v) is 7.87. The average Bonchev–Trinajstić information content (AvgIpc) is 3.25. The molecule has 0 radical (unpaired) electrons. The molecule has 118 valence electrons. The van der Waals surface area contributed by atoms with Crippen LogP contribution in [0.4, 0.5) is 0 Å². The Labute approximate surface area is 138 Å². The highest BCUT2D eigenvalue weighted by molar-refractivity contribution is 5.43. The highest BCUT2D eigenvalue weighted by Crippen LogP contribution is 2.23. The van der Waals surface area contributed by atoms with Gasteiger partial charge in [-0.05, 0) is 42.5 Å². The molecular weight excluding hydrogens is 302 g/mol. The van der Waals surface area contributed by atoms with Crippen LogP contribution in [-0.2, 0) is 19.4 Å². The number of benzene rings is 1. The van der Waals surface area contributed by atoms with Gasteiger partial charge in [0.05, 0.1) is 12.2 Å². The molecular formula is C18H15N5O. The summed E-state index contributed by atoms with van der Waals surface area (Å²) in [6.07, 6.45) is 6.07. The molecule has 0 unspecified atom stereocenters. The van der Waals surface area contributed by atoms with E-state index in [0.29, 0.717) is 5.82 Å². The molecule has 0 bridgehead atoms. The summed E-state index contributed by atoms with van der Waals surface area (Å²) in [5, 5.41) is 13.6. The Hall–Kier alpha value is -3.20. The summed E-state index contributed by atoms with van der Waals surface area (Å²) in [5.74, 6) is 0.658. The van der Waals surface area contributed by atoms with Crippen LogP contribution in [0.2, 0.25) is 0 Å². The third-order valence-electron chi connectivity index (χ3n) is 4.39. The Kier molecular flexibility index (Phi) is 3.47. The summed E-state index contributed by atoms with van der Waals surface area (Å²) in [6, 6.07) is 11.7. The Morgan fingerprint density at radius 1 is 1.21 bits per heavy atom. The van der Waals surface area contributed by atoms with E-state index >= 15 is 0 Å². The molecule has 1 aliphatic rings. The molecule has 6 heteroatoms. The number of nitriles is 1. The van der Waals surface area contributed by atoms with E-state index in [0.717, 1.165) is 36.1 Å². The van der Waals surface area contributed by atoms with Gasteiger partial charge in [-0.2, -0.15) is 10.4 Å². The van der Waals surface area contributed by atoms with E-state index in [1.165, 1.54) is 6.33 Å². The second-order valence-corrected chi connectivity index (χ2v) is 5.83. The molecule has 0 amide bonds. The molecule has 0 saturated carbocycles. The number of hydrogen-bond donors (Lipinski definition) is 0. The van der Waals surface area contributed by atoms with Crippen LogP contribution in [0.1, 0.15) is 28.9 Å². The molecule has 24 heavy (non-hydrogen) atoms. The summed E-state index contributed by atoms with van der Waals surface area (Å²) in [5.41, 5.74) is 2.93. The van der Waals surface area contributed by atoms with Crippen molar-refractivity contribution in [2.24, 2.45) is 0 Å². The van der Waals surface area contributed by atoms with E-state index in [1.807, 2.05) is 36.5 Å². The van der Waals surface area contributed by atoms with Gasteiger partial charge in [0.15, 0.2) is 5.82 Å². The van der Waals surface area contributed by atoms with Gasteiger partial charge in [-0.15, -0.1) is 0 Å². The van der Waals surface area contributed by atoms with Crippen molar-refractivity contribution in [3.05, 3.63) is 75.7 Å². The number of pyridine rings is 1. The number of hydrogen-bond acceptors (Lipinski definition) is 4. The van der Waals surface area contributed by atoms with Gasteiger partial charge in [0.1, 0.15) is 18.0 Å². The van der Waals surface area contributed by atoms with E-state index in [2.05, 4.69) is 16.2 Å². The fourth-order valence-corrected chi connectivity index (χ4v) is 3.26. The molecule has 2 heterocycles. The van der Waals surface area contributed by atoms with E-state index in [4.69, 9.17) is 0 Å². The van der Waals surface area contributed by atoms with Crippen molar-refractivity contribution in [3.63, 3.8) is 0 Å². The maximum Gasteiger partial charge on any atom is 0.269 e. The summed E-state index contributed by atoms with van der Waals surface area (Å²) in [7, 11) is 0. The minimum atomic E-state index is -0.249. The van der Waals surface area contributed by atoms with Gasteiger partial charge in [0, 0.05) is 6.20 Å². The molecule has 2 aromatic heterocycles. The van der Waals surface area contributed by atoms with E-state index in [-0.39, 0.29) is 17.7 Å². The lowest BCUT2D eigenvalue weighted by Crippen LogP contribution is -2.26. The van der Waals surface area contributed by atoms with E-state index in [1.54, 1.807) is 9.25 Å². The van der Waals surface area contributed by atoms with Crippen molar-refractivity contribution >= 4 is 0 Å². The van der Waals surface area contributed by atoms with Gasteiger partial charge in [-0.3, -0.25) is 4.79 Å². The van der Waals surface area contributed by atoms with Crippen LogP contribution < -0.4 is 5.56 Å². The highest BCUT2D eigenvalue weighted by atomic mass is 16.1. The van der Waals surface area contributed by atoms with Gasteiger partial charge >= 0.3 is 0 Å². The van der Waals surface area contributed by atoms with Crippen molar-refractivity contribution in [2.45, 2.75) is 25.8 Å². The Balaban J connectivity index is 1.78. The van der Waals surface area contributed by atoms with Crippen LogP contribution >= 0.6 is 0 Å². The van der Waals surface area contributed by atoms with Crippen LogP contribution in [0.3, 0.4) is 0 Å². The number of fused-ring (bicyclic) bond motifs is 1. The van der Waals surface area contributed by atoms with E-state index < -0.39 is 0 Å². The molecule has 1 aliphatic carbocycles. The minimum absolute atomic E-state index is 0.249. The predicted octanol–water partition coefficient (Wildman–Crippen LogP) is 1.84. The lowest BCUT2D eigenvalue weighted by molar-refractivity contribution is 0.676. The standard InChI is InChI=1S/C18H15N5O/c19-9-16-15-8-4-5-13(15)10-22(18(16)24)11-17-20-12-21-23(17)14-6-2-1-3-7-14/h1-3,6-7,10,12H,4-5,8,11H2. The van der Waals surface area contributed by atoms with Gasteiger partial charge in [-0.1, -0.05) is 18.2 Å². The smallest absolute Gasteiger partial charge is 0.269 e. The van der Waals surface area contributed by atoms with Crippen LogP contribution in [0.25, 0.3) is 5.69 Å². The molecule has 0 atom stereocenters. The summed E-state index contributed by atoms with van der Waals surface area (Å²) < 4.78 is 3.29. The molecule has 4 rings (SSSR count). The topological polar surface area (TPSA) is 76.5 Å². The number of para-hydroxylation sites is 1. The maximum atomic E-state index is 12.6. The Morgan fingerprint density at radius 2 is 2.04 bits per heavy atom. The zero-order valence-corrected chi connectivity index (χ0v) is 13.0. The first kappa shape index (κ1) is 14.4. The number of rotatable bonds is 3. The lowest BCUT2D eigenvalue weighted by Gasteiger charge is -2.11. The molecule has 3 aromatic rings. The second-order valence-electron chi connectivity index (χ2n) is 5.83. The zero-order valence-electron chi connectivity index (χ0n) is 13.0. The Bertz CT molecular complexity index is 994. The molecule has 0 N–H and O–H groups in total. The largest absolute Gasteiger partial charge is 0.306 e. The van der Waals surface area contributed by atoms with Gasteiger partial charge in [0.25, 0.3) is 5.56 Å². The fourth-order valence-electron chi connectivity index (χ4n) is 3.26. The van der Waals surface area contributed by atoms with Gasteiger partial charge in [-0.25, -0.2) is 9.67 Å². The molecule has 0 aliphatic heterocycles. The average molecular weight is 317 g/mol. The van der Waals surface area contributed by atoms with Crippen molar-refractivity contribution in [3.8, 4) is 11.8 Å². The number of aromatic nitrogens is 4. The quantitative estimate of drug-likeness (QED) is 0.738. The van der Waals surface area contributed by atoms with Gasteiger partial charge in [0.2, 0.25) is 0 Å². The SMILES string of the molecule is N#Cc1c2c(cn(Cc3ncnn3-c3ccccc3)c1=O)CCC2. The van der Waals surface area contributed by atoms with Crippen molar-refractivity contribution < 1.29 is 0 Å². The second kappa shape index (κ2) is 5.78. The van der Waals surface area contributed by atoms with Gasteiger partial charge < -0.3 is 4.57 Å². The third-order valence-corrected chi connectivity index (χ3v) is 4.39. The van der Waals surface area contributed by atoms with Crippen LogP contribution in [-0.4, -0.2) is 19.3 Å². The van der Waals surface area contributed by atoms with Crippen LogP contribution in [0.5, 0.6) is 0 Å². The van der Waals surface area contributed by atoms with Crippen molar-refractivity contribution in [1.29, 1.82) is 5.26 Å². The lowest BCUT2D eigenvalue weighted by atomic mass is 10.1. The van der Waals surface area contributed by atoms with Crippen LogP contribution in [0.15, 0.2) is 47.7 Å². The first-order chi connectivity index (χ1) is 11.8.